The molecule has 1 saturated heterocycles. The van der Waals surface area contributed by atoms with Crippen molar-refractivity contribution in [2.45, 2.75) is 31.8 Å². The van der Waals surface area contributed by atoms with Crippen molar-refractivity contribution in [2.75, 3.05) is 52.6 Å². The van der Waals surface area contributed by atoms with E-state index in [2.05, 4.69) is 39.8 Å². The van der Waals surface area contributed by atoms with Crippen LogP contribution >= 0.6 is 0 Å². The van der Waals surface area contributed by atoms with Crippen molar-refractivity contribution in [3.8, 4) is 0 Å². The van der Waals surface area contributed by atoms with Crippen molar-refractivity contribution >= 4 is 27.7 Å². The second-order valence-corrected chi connectivity index (χ2v) is 10.9. The number of hydrogen-bond acceptors (Lipinski definition) is 6. The van der Waals surface area contributed by atoms with Crippen molar-refractivity contribution < 1.29 is 22.8 Å². The van der Waals surface area contributed by atoms with E-state index in [-0.39, 0.29) is 25.5 Å². The summed E-state index contributed by atoms with van der Waals surface area (Å²) in [6.45, 7) is 4.05. The maximum Gasteiger partial charge on any atom is 0.247 e. The Balaban J connectivity index is 1.41. The summed E-state index contributed by atoms with van der Waals surface area (Å²) in [6.07, 6.45) is 2.82. The predicted molar refractivity (Wildman–Crippen MR) is 124 cm³/mol. The molecule has 0 aliphatic carbocycles. The third kappa shape index (κ3) is 6.10. The Morgan fingerprint density at radius 1 is 1.12 bits per heavy atom. The average molecular weight is 480 g/mol. The van der Waals surface area contributed by atoms with Gasteiger partial charge in [0, 0.05) is 39.8 Å². The van der Waals surface area contributed by atoms with Crippen LogP contribution in [0.5, 0.6) is 0 Å². The highest BCUT2D eigenvalue weighted by atomic mass is 32.2. The summed E-state index contributed by atoms with van der Waals surface area (Å²) in [6, 6.07) is 8.44. The Kier molecular flexibility index (Phi) is 7.76. The van der Waals surface area contributed by atoms with Gasteiger partial charge in [-0.2, -0.15) is 4.31 Å². The molecule has 2 heterocycles. The van der Waals surface area contributed by atoms with Gasteiger partial charge in [0.2, 0.25) is 27.7 Å². The Bertz CT molecular complexity index is 1010. The summed E-state index contributed by atoms with van der Waals surface area (Å²) in [4.78, 5) is 40.8. The lowest BCUT2D eigenvalue weighted by atomic mass is 9.96. The molecule has 10 nitrogen and oxygen atoms in total. The number of rotatable bonds is 8. The molecule has 1 aromatic rings. The van der Waals surface area contributed by atoms with Crippen LogP contribution in [0.4, 0.5) is 0 Å². The second kappa shape index (κ2) is 10.2. The monoisotopic (exact) mass is 479 g/mol. The van der Waals surface area contributed by atoms with Crippen molar-refractivity contribution in [1.82, 2.24) is 24.7 Å². The van der Waals surface area contributed by atoms with Crippen molar-refractivity contribution in [3.63, 3.8) is 0 Å². The molecule has 182 valence electrons. The number of amides is 3. The highest BCUT2D eigenvalue weighted by molar-refractivity contribution is 7.88. The lowest BCUT2D eigenvalue weighted by molar-refractivity contribution is -0.150. The fourth-order valence-corrected chi connectivity index (χ4v) is 5.02. The Morgan fingerprint density at radius 3 is 2.52 bits per heavy atom. The number of benzene rings is 1. The zero-order valence-electron chi connectivity index (χ0n) is 19.5. The number of nitrogens with zero attached hydrogens (tertiary/aromatic N) is 3. The second-order valence-electron chi connectivity index (χ2n) is 8.94. The van der Waals surface area contributed by atoms with Gasteiger partial charge in [0.1, 0.15) is 5.54 Å². The quantitative estimate of drug-likeness (QED) is 0.470. The van der Waals surface area contributed by atoms with E-state index < -0.39 is 27.4 Å². The normalized spacial score (nSPS) is 22.0. The van der Waals surface area contributed by atoms with E-state index >= 15 is 0 Å². The third-order valence-corrected chi connectivity index (χ3v) is 7.66. The minimum absolute atomic E-state index is 0.166. The molecule has 1 aromatic carbocycles. The lowest BCUT2D eigenvalue weighted by Crippen LogP contribution is -2.68. The maximum absolute atomic E-state index is 12.8. The molecule has 2 N–H and O–H groups in total. The van der Waals surface area contributed by atoms with Crippen molar-refractivity contribution in [1.29, 1.82) is 0 Å². The van der Waals surface area contributed by atoms with Gasteiger partial charge in [0.05, 0.1) is 19.3 Å². The molecular formula is C22H33N5O5S. The molecule has 0 bridgehead atoms. The van der Waals surface area contributed by atoms with Crippen LogP contribution in [0.1, 0.15) is 24.5 Å². The van der Waals surface area contributed by atoms with Crippen LogP contribution in [0.3, 0.4) is 0 Å². The first kappa shape index (κ1) is 25.1. The molecule has 33 heavy (non-hydrogen) atoms. The minimum Gasteiger partial charge on any atom is -0.355 e. The molecule has 0 saturated carbocycles. The summed E-state index contributed by atoms with van der Waals surface area (Å²) in [7, 11) is -2.18. The van der Waals surface area contributed by atoms with E-state index in [9.17, 15) is 22.8 Å². The summed E-state index contributed by atoms with van der Waals surface area (Å²) >= 11 is 0. The van der Waals surface area contributed by atoms with Gasteiger partial charge < -0.3 is 15.5 Å². The van der Waals surface area contributed by atoms with E-state index in [1.165, 1.54) is 30.0 Å². The van der Waals surface area contributed by atoms with Crippen LogP contribution in [-0.2, 0) is 37.4 Å². The third-order valence-electron chi connectivity index (χ3n) is 6.46. The standard InChI is InChI=1S/C22H33N5O5S/c1-22(16-27(33(3,31)32)15-20(29)25(22)2)21(30)24-13-19(28)23-10-6-11-26-12-9-17-7-4-5-8-18(17)14-26/h4-5,7-8H,6,9-16H2,1-3H3,(H,23,28)(H,24,30). The summed E-state index contributed by atoms with van der Waals surface area (Å²) in [5.41, 5.74) is 1.35. The molecule has 2 aliphatic heterocycles. The van der Waals surface area contributed by atoms with Crippen LogP contribution in [-0.4, -0.2) is 98.4 Å². The SMILES string of the molecule is CN1C(=O)CN(S(C)(=O)=O)CC1(C)C(=O)NCC(=O)NCCCN1CCc2ccccc2C1. The van der Waals surface area contributed by atoms with Gasteiger partial charge in [-0.05, 0) is 30.9 Å². The Morgan fingerprint density at radius 2 is 1.82 bits per heavy atom. The van der Waals surface area contributed by atoms with Crippen LogP contribution in [0.25, 0.3) is 0 Å². The molecule has 0 spiro atoms. The highest BCUT2D eigenvalue weighted by Gasteiger charge is 2.47. The molecule has 1 atom stereocenters. The van der Waals surface area contributed by atoms with Gasteiger partial charge in [-0.1, -0.05) is 24.3 Å². The van der Waals surface area contributed by atoms with Gasteiger partial charge in [0.15, 0.2) is 0 Å². The minimum atomic E-state index is -3.64. The fourth-order valence-electron chi connectivity index (χ4n) is 4.19. The first-order valence-corrected chi connectivity index (χ1v) is 12.9. The topological polar surface area (TPSA) is 119 Å². The number of carbonyl (C=O) groups is 3. The summed E-state index contributed by atoms with van der Waals surface area (Å²) < 4.78 is 24.8. The van der Waals surface area contributed by atoms with Crippen LogP contribution in [0.15, 0.2) is 24.3 Å². The maximum atomic E-state index is 12.8. The molecule has 3 rings (SSSR count). The van der Waals surface area contributed by atoms with Crippen LogP contribution < -0.4 is 10.6 Å². The fraction of sp³-hybridized carbons (Fsp3) is 0.591. The number of sulfonamides is 1. The molecule has 1 unspecified atom stereocenters. The number of fused-ring (bicyclic) bond motifs is 1. The van der Waals surface area contributed by atoms with Gasteiger partial charge in [-0.25, -0.2) is 8.42 Å². The zero-order chi connectivity index (χ0) is 24.2. The number of hydrogen-bond donors (Lipinski definition) is 2. The van der Waals surface area contributed by atoms with Gasteiger partial charge in [0.25, 0.3) is 0 Å². The van der Waals surface area contributed by atoms with E-state index in [4.69, 9.17) is 0 Å². The van der Waals surface area contributed by atoms with Gasteiger partial charge in [-0.15, -0.1) is 0 Å². The Labute approximate surface area is 195 Å². The lowest BCUT2D eigenvalue weighted by Gasteiger charge is -2.44. The summed E-state index contributed by atoms with van der Waals surface area (Å²) in [5, 5.41) is 5.34. The van der Waals surface area contributed by atoms with Gasteiger partial charge >= 0.3 is 0 Å². The molecule has 0 radical (unpaired) electrons. The van der Waals surface area contributed by atoms with Crippen LogP contribution in [0, 0.1) is 0 Å². The summed E-state index contributed by atoms with van der Waals surface area (Å²) in [5.74, 6) is -1.39. The van der Waals surface area contributed by atoms with E-state index in [0.717, 1.165) is 43.0 Å². The first-order valence-electron chi connectivity index (χ1n) is 11.1. The van der Waals surface area contributed by atoms with E-state index in [1.807, 2.05) is 0 Å². The molecule has 3 amide bonds. The molecule has 11 heteroatoms. The average Bonchev–Trinajstić information content (AvgIpc) is 2.77. The number of piperazine rings is 1. The van der Waals surface area contributed by atoms with Crippen LogP contribution in [0.2, 0.25) is 0 Å². The number of carbonyl (C=O) groups excluding carboxylic acids is 3. The predicted octanol–water partition coefficient (Wildman–Crippen LogP) is -0.840. The Hall–Kier alpha value is -2.50. The molecule has 0 aromatic heterocycles. The van der Waals surface area contributed by atoms with Gasteiger partial charge in [-0.3, -0.25) is 19.3 Å². The zero-order valence-corrected chi connectivity index (χ0v) is 20.3. The highest BCUT2D eigenvalue weighted by Crippen LogP contribution is 2.23. The van der Waals surface area contributed by atoms with Crippen molar-refractivity contribution in [2.24, 2.45) is 0 Å². The largest absolute Gasteiger partial charge is 0.355 e. The first-order chi connectivity index (χ1) is 15.5. The number of nitrogens with one attached hydrogen (secondary N) is 2. The van der Waals surface area contributed by atoms with E-state index in [1.54, 1.807) is 0 Å². The van der Waals surface area contributed by atoms with E-state index in [0.29, 0.717) is 6.54 Å². The molecule has 2 aliphatic rings. The molecular weight excluding hydrogens is 446 g/mol. The smallest absolute Gasteiger partial charge is 0.247 e. The molecule has 1 fully saturated rings. The number of likely N-dealkylation sites (N-methyl/N-ethyl adjacent to an activating group) is 1. The van der Waals surface area contributed by atoms with Crippen molar-refractivity contribution in [3.05, 3.63) is 35.4 Å².